The van der Waals surface area contributed by atoms with E-state index < -0.39 is 97.5 Å². The fourth-order valence-corrected chi connectivity index (χ4v) is 12.6. The second-order valence-corrected chi connectivity index (χ2v) is 29.4. The predicted molar refractivity (Wildman–Crippen MR) is 368 cm³/mol. The first-order chi connectivity index (χ1) is 44.0. The van der Waals surface area contributed by atoms with E-state index in [0.717, 1.165) is 96.3 Å². The van der Waals surface area contributed by atoms with Gasteiger partial charge in [0.25, 0.3) is 0 Å². The van der Waals surface area contributed by atoms with Gasteiger partial charge in [-0.15, -0.1) is 0 Å². The third-order valence-electron chi connectivity index (χ3n) is 16.8. The van der Waals surface area contributed by atoms with Gasteiger partial charge >= 0.3 is 39.5 Å². The molecule has 5 atom stereocenters. The summed E-state index contributed by atoms with van der Waals surface area (Å²) in [7, 11) is -9.90. The Morgan fingerprint density at radius 3 is 0.747 bits per heavy atom. The van der Waals surface area contributed by atoms with Gasteiger partial charge in [0.15, 0.2) is 12.2 Å². The van der Waals surface area contributed by atoms with E-state index >= 15 is 0 Å². The monoisotopic (exact) mass is 1340 g/mol. The van der Waals surface area contributed by atoms with E-state index in [1.165, 1.54) is 193 Å². The van der Waals surface area contributed by atoms with Crippen LogP contribution in [0.25, 0.3) is 0 Å². The Hall–Kier alpha value is -1.94. The van der Waals surface area contributed by atoms with Crippen molar-refractivity contribution in [3.63, 3.8) is 0 Å². The van der Waals surface area contributed by atoms with Gasteiger partial charge in [0.05, 0.1) is 26.4 Å². The molecule has 3 N–H and O–H groups in total. The number of aliphatic hydroxyl groups excluding tert-OH is 1. The molecule has 0 aliphatic carbocycles. The Morgan fingerprint density at radius 1 is 0.297 bits per heavy atom. The number of phosphoric acid groups is 2. The Bertz CT molecular complexity index is 1750. The molecule has 0 spiro atoms. The molecule has 0 aromatic heterocycles. The van der Waals surface area contributed by atoms with Crippen molar-refractivity contribution < 1.29 is 80.2 Å². The minimum absolute atomic E-state index is 0.106. The van der Waals surface area contributed by atoms with Crippen molar-refractivity contribution in [2.24, 2.45) is 5.92 Å². The molecular formula is C72H140O17P2. The van der Waals surface area contributed by atoms with Gasteiger partial charge in [-0.1, -0.05) is 324 Å². The molecule has 0 aliphatic heterocycles. The van der Waals surface area contributed by atoms with Crippen molar-refractivity contribution in [2.75, 3.05) is 39.6 Å². The van der Waals surface area contributed by atoms with Gasteiger partial charge in [-0.25, -0.2) is 9.13 Å². The second-order valence-electron chi connectivity index (χ2n) is 26.5. The topological polar surface area (TPSA) is 237 Å². The molecule has 0 saturated heterocycles. The second kappa shape index (κ2) is 65.4. The maximum Gasteiger partial charge on any atom is 0.472 e. The zero-order valence-electron chi connectivity index (χ0n) is 59.0. The highest BCUT2D eigenvalue weighted by atomic mass is 31.2. The van der Waals surface area contributed by atoms with E-state index in [9.17, 15) is 43.2 Å². The molecule has 0 saturated carbocycles. The summed E-state index contributed by atoms with van der Waals surface area (Å²) in [5, 5.41) is 10.6. The van der Waals surface area contributed by atoms with Crippen LogP contribution in [0.2, 0.25) is 0 Å². The maximum absolute atomic E-state index is 13.0. The van der Waals surface area contributed by atoms with Crippen LogP contribution in [0, 0.1) is 5.92 Å². The normalized spacial score (nSPS) is 14.0. The van der Waals surface area contributed by atoms with Gasteiger partial charge in [0.1, 0.15) is 19.3 Å². The summed E-state index contributed by atoms with van der Waals surface area (Å²) in [5.74, 6) is -1.44. The van der Waals surface area contributed by atoms with Crippen molar-refractivity contribution in [1.29, 1.82) is 0 Å². The number of rotatable bonds is 72. The fourth-order valence-electron chi connectivity index (χ4n) is 11.0. The summed E-state index contributed by atoms with van der Waals surface area (Å²) < 4.78 is 68.3. The first-order valence-corrected chi connectivity index (χ1v) is 40.6. The molecular weight excluding hydrogens is 1200 g/mol. The predicted octanol–water partition coefficient (Wildman–Crippen LogP) is 20.9. The molecule has 2 unspecified atom stereocenters. The first kappa shape index (κ1) is 89.1. The molecule has 0 aromatic rings. The standard InChI is InChI=1S/C72H140O17P2/c1-6-9-12-15-18-21-24-26-27-28-29-30-31-32-35-38-41-48-53-58-72(77)88-67(61-82-69(74)55-50-45-39-36-34-25-22-19-16-13-10-7-2)63-86-90(78,79)84-59-66(73)60-85-91(80,81)87-64-68(62-83-70(75)56-51-46-43-42-44-49-54-65(4)5)89-71(76)57-52-47-40-37-33-23-20-17-14-11-8-3/h65-68,73H,6-64H2,1-5H3,(H,78,79)(H,80,81)/t66-,67-,68-/m1/s1. The molecule has 19 heteroatoms. The van der Waals surface area contributed by atoms with E-state index in [4.69, 9.17) is 37.0 Å². The van der Waals surface area contributed by atoms with Gasteiger partial charge in [-0.3, -0.25) is 37.3 Å². The largest absolute Gasteiger partial charge is 0.472 e. The zero-order chi connectivity index (χ0) is 67.0. The fraction of sp³-hybridized carbons (Fsp3) is 0.944. The van der Waals surface area contributed by atoms with Crippen LogP contribution < -0.4 is 0 Å². The minimum Gasteiger partial charge on any atom is -0.462 e. The molecule has 17 nitrogen and oxygen atoms in total. The average Bonchev–Trinajstić information content (AvgIpc) is 3.64. The third kappa shape index (κ3) is 66.5. The smallest absolute Gasteiger partial charge is 0.462 e. The molecule has 0 amide bonds. The van der Waals surface area contributed by atoms with E-state index in [0.29, 0.717) is 31.6 Å². The van der Waals surface area contributed by atoms with Gasteiger partial charge in [-0.2, -0.15) is 0 Å². The number of unbranched alkanes of at least 4 members (excludes halogenated alkanes) is 44. The SMILES string of the molecule is CCCCCCCCCCCCCCCCCCCCCC(=O)O[C@H](COC(=O)CCCCCCCCCCCCCC)COP(=O)(O)OC[C@@H](O)COP(=O)(O)OC[C@@H](COC(=O)CCCCCCCCC(C)C)OC(=O)CCCCCCCCCCCCC. The van der Waals surface area contributed by atoms with Crippen molar-refractivity contribution in [3.05, 3.63) is 0 Å². The zero-order valence-corrected chi connectivity index (χ0v) is 60.8. The lowest BCUT2D eigenvalue weighted by Gasteiger charge is -2.21. The van der Waals surface area contributed by atoms with Crippen LogP contribution in [0.4, 0.5) is 0 Å². The number of hydrogen-bond acceptors (Lipinski definition) is 15. The lowest BCUT2D eigenvalue weighted by Crippen LogP contribution is -2.30. The van der Waals surface area contributed by atoms with E-state index in [1.807, 2.05) is 0 Å². The van der Waals surface area contributed by atoms with E-state index in [2.05, 4.69) is 34.6 Å². The van der Waals surface area contributed by atoms with Crippen molar-refractivity contribution >= 4 is 39.5 Å². The Balaban J connectivity index is 5.20. The molecule has 0 rings (SSSR count). The van der Waals surface area contributed by atoms with Gasteiger partial charge in [-0.05, 0) is 31.6 Å². The maximum atomic E-state index is 13.0. The summed E-state index contributed by atoms with van der Waals surface area (Å²) >= 11 is 0. The van der Waals surface area contributed by atoms with Crippen LogP contribution in [-0.2, 0) is 65.4 Å². The Morgan fingerprint density at radius 2 is 0.505 bits per heavy atom. The first-order valence-electron chi connectivity index (χ1n) is 37.6. The number of esters is 4. The number of phosphoric ester groups is 2. The van der Waals surface area contributed by atoms with Crippen molar-refractivity contribution in [3.8, 4) is 0 Å². The number of carbonyl (C=O) groups is 4. The van der Waals surface area contributed by atoms with Crippen LogP contribution in [0.1, 0.15) is 375 Å². The molecule has 91 heavy (non-hydrogen) atoms. The van der Waals surface area contributed by atoms with Crippen LogP contribution in [0.3, 0.4) is 0 Å². The van der Waals surface area contributed by atoms with E-state index in [-0.39, 0.29) is 25.7 Å². The summed E-state index contributed by atoms with van der Waals surface area (Å²) in [4.78, 5) is 72.5. The Kier molecular flexibility index (Phi) is 64.0. The van der Waals surface area contributed by atoms with Gasteiger partial charge in [0.2, 0.25) is 0 Å². The summed E-state index contributed by atoms with van der Waals surface area (Å²) in [6, 6.07) is 0. The summed E-state index contributed by atoms with van der Waals surface area (Å²) in [5.41, 5.74) is 0. The number of ether oxygens (including phenoxy) is 4. The molecule has 0 aliphatic rings. The van der Waals surface area contributed by atoms with Crippen LogP contribution in [0.5, 0.6) is 0 Å². The van der Waals surface area contributed by atoms with Gasteiger partial charge in [0, 0.05) is 25.7 Å². The molecule has 540 valence electrons. The van der Waals surface area contributed by atoms with E-state index in [1.54, 1.807) is 0 Å². The number of aliphatic hydroxyl groups is 1. The highest BCUT2D eigenvalue weighted by Gasteiger charge is 2.30. The highest BCUT2D eigenvalue weighted by Crippen LogP contribution is 2.45. The molecule has 0 aromatic carbocycles. The van der Waals surface area contributed by atoms with Gasteiger partial charge < -0.3 is 33.8 Å². The average molecular weight is 1340 g/mol. The van der Waals surface area contributed by atoms with Crippen molar-refractivity contribution in [1.82, 2.24) is 0 Å². The molecule has 0 heterocycles. The summed E-state index contributed by atoms with van der Waals surface area (Å²) in [6.07, 6.45) is 52.9. The third-order valence-corrected chi connectivity index (χ3v) is 18.7. The quantitative estimate of drug-likeness (QED) is 0.0222. The Labute approximate surface area is 556 Å². The highest BCUT2D eigenvalue weighted by molar-refractivity contribution is 7.47. The molecule has 0 fully saturated rings. The number of carbonyl (C=O) groups excluding carboxylic acids is 4. The molecule has 0 bridgehead atoms. The minimum atomic E-state index is -4.95. The van der Waals surface area contributed by atoms with Crippen LogP contribution in [-0.4, -0.2) is 96.7 Å². The molecule has 0 radical (unpaired) electrons. The van der Waals surface area contributed by atoms with Crippen LogP contribution >= 0.6 is 15.6 Å². The lowest BCUT2D eigenvalue weighted by atomic mass is 10.0. The lowest BCUT2D eigenvalue weighted by molar-refractivity contribution is -0.161. The summed E-state index contributed by atoms with van der Waals surface area (Å²) in [6.45, 7) is 7.17. The van der Waals surface area contributed by atoms with Crippen molar-refractivity contribution in [2.45, 2.75) is 393 Å². The van der Waals surface area contributed by atoms with Crippen LogP contribution in [0.15, 0.2) is 0 Å². The number of hydrogen-bond donors (Lipinski definition) is 3.